The van der Waals surface area contributed by atoms with E-state index in [0.29, 0.717) is 19.3 Å². The molecule has 1 aromatic rings. The number of cyclic esters (lactones) is 1. The lowest BCUT2D eigenvalue weighted by atomic mass is 9.43. The molecule has 0 spiro atoms. The number of hydrogen-bond acceptors (Lipinski definition) is 8. The first-order valence-corrected chi connectivity index (χ1v) is 10.2. The maximum Gasteiger partial charge on any atom is 0.310 e. The number of ether oxygens (including phenoxy) is 3. The molecule has 8 heteroatoms. The largest absolute Gasteiger partial charge is 0.472 e. The second-order valence-corrected chi connectivity index (χ2v) is 9.16. The number of carbonyl (C=O) groups excluding carboxylic acids is 4. The first kappa shape index (κ1) is 20.6. The molecular formula is C22H26O8. The number of methoxy groups -OCH3 is 1. The molecule has 2 saturated carbocycles. The first-order valence-electron chi connectivity index (χ1n) is 10.2. The van der Waals surface area contributed by atoms with Gasteiger partial charge in [-0.1, -0.05) is 13.8 Å². The summed E-state index contributed by atoms with van der Waals surface area (Å²) in [6.07, 6.45) is 2.98. The minimum Gasteiger partial charge on any atom is -0.472 e. The van der Waals surface area contributed by atoms with Gasteiger partial charge in [0.15, 0.2) is 11.9 Å². The number of rotatable bonds is 4. The van der Waals surface area contributed by atoms with Gasteiger partial charge in [0.1, 0.15) is 6.10 Å². The van der Waals surface area contributed by atoms with Crippen LogP contribution in [0.3, 0.4) is 0 Å². The maximum atomic E-state index is 13.6. The molecule has 3 fully saturated rings. The van der Waals surface area contributed by atoms with Crippen molar-refractivity contribution in [3.8, 4) is 0 Å². The summed E-state index contributed by atoms with van der Waals surface area (Å²) in [4.78, 5) is 50.3. The highest BCUT2D eigenvalue weighted by atomic mass is 16.5. The quantitative estimate of drug-likeness (QED) is 0.417. The van der Waals surface area contributed by atoms with E-state index in [0.717, 1.165) is 5.56 Å². The highest BCUT2D eigenvalue weighted by Gasteiger charge is 2.67. The van der Waals surface area contributed by atoms with Gasteiger partial charge >= 0.3 is 11.9 Å². The molecule has 162 valence electrons. The summed E-state index contributed by atoms with van der Waals surface area (Å²) in [5, 5.41) is 0. The third-order valence-electron chi connectivity index (χ3n) is 7.72. The van der Waals surface area contributed by atoms with Crippen LogP contribution in [0.2, 0.25) is 0 Å². The van der Waals surface area contributed by atoms with Crippen molar-refractivity contribution in [1.82, 2.24) is 0 Å². The van der Waals surface area contributed by atoms with E-state index < -0.39 is 46.8 Å². The van der Waals surface area contributed by atoms with E-state index >= 15 is 0 Å². The number of carbonyl (C=O) groups is 4. The van der Waals surface area contributed by atoms with Gasteiger partial charge in [-0.3, -0.25) is 19.2 Å². The second kappa shape index (κ2) is 7.25. The van der Waals surface area contributed by atoms with Gasteiger partial charge in [0.05, 0.1) is 31.5 Å². The Balaban J connectivity index is 1.80. The van der Waals surface area contributed by atoms with Gasteiger partial charge in [-0.05, 0) is 36.2 Å². The Morgan fingerprint density at radius 3 is 2.67 bits per heavy atom. The summed E-state index contributed by atoms with van der Waals surface area (Å²) >= 11 is 0. The summed E-state index contributed by atoms with van der Waals surface area (Å²) < 4.78 is 21.0. The zero-order chi connectivity index (χ0) is 21.7. The van der Waals surface area contributed by atoms with Crippen molar-refractivity contribution in [2.24, 2.45) is 28.6 Å². The molecule has 30 heavy (non-hydrogen) atoms. The molecule has 1 aromatic heterocycles. The molecule has 7 atom stereocenters. The lowest BCUT2D eigenvalue weighted by Gasteiger charge is -2.60. The molecular weight excluding hydrogens is 392 g/mol. The van der Waals surface area contributed by atoms with Crippen LogP contribution < -0.4 is 0 Å². The lowest BCUT2D eigenvalue weighted by molar-refractivity contribution is -0.209. The number of Topliss-reactive ketones (excluding diaryl/α,β-unsaturated/α-hetero) is 1. The van der Waals surface area contributed by atoms with Crippen molar-refractivity contribution < 1.29 is 37.8 Å². The third-order valence-corrected chi connectivity index (χ3v) is 7.72. The van der Waals surface area contributed by atoms with Crippen molar-refractivity contribution in [1.29, 1.82) is 0 Å². The molecule has 0 aromatic carbocycles. The van der Waals surface area contributed by atoms with E-state index in [4.69, 9.17) is 18.6 Å². The fraction of sp³-hybridized carbons (Fsp3) is 0.636. The van der Waals surface area contributed by atoms with Crippen molar-refractivity contribution in [2.45, 2.75) is 51.7 Å². The van der Waals surface area contributed by atoms with Crippen LogP contribution >= 0.6 is 0 Å². The van der Waals surface area contributed by atoms with Crippen LogP contribution in [0.5, 0.6) is 0 Å². The summed E-state index contributed by atoms with van der Waals surface area (Å²) in [6.45, 7) is 4.08. The third kappa shape index (κ3) is 2.87. The van der Waals surface area contributed by atoms with Crippen LogP contribution in [0, 0.1) is 28.6 Å². The predicted molar refractivity (Wildman–Crippen MR) is 101 cm³/mol. The fourth-order valence-electron chi connectivity index (χ4n) is 6.35. The van der Waals surface area contributed by atoms with Crippen molar-refractivity contribution in [2.75, 3.05) is 7.11 Å². The Hall–Kier alpha value is -2.64. The predicted octanol–water partition coefficient (Wildman–Crippen LogP) is 2.61. The SMILES string of the molecule is COC(=O)[C@@H]1C[C@H](OC=O)C(=O)[C@H]2[C@@]1(C)CC[C@H]1C(=O)O[C@H](c3ccoc3)C[C@]21C. The van der Waals surface area contributed by atoms with Crippen LogP contribution in [0.1, 0.15) is 51.2 Å². The monoisotopic (exact) mass is 418 g/mol. The van der Waals surface area contributed by atoms with Crippen LogP contribution in [-0.4, -0.2) is 37.4 Å². The number of hydrogen-bond donors (Lipinski definition) is 0. The Kier molecular flexibility index (Phi) is 4.98. The Bertz CT molecular complexity index is 860. The summed E-state index contributed by atoms with van der Waals surface area (Å²) in [6, 6.07) is 1.74. The molecule has 1 aliphatic heterocycles. The van der Waals surface area contributed by atoms with Crippen LogP contribution in [0.25, 0.3) is 0 Å². The topological polar surface area (TPSA) is 109 Å². The molecule has 0 amide bonds. The zero-order valence-corrected chi connectivity index (χ0v) is 17.3. The normalized spacial score (nSPS) is 40.6. The summed E-state index contributed by atoms with van der Waals surface area (Å²) in [5.41, 5.74) is -0.751. The standard InChI is InChI=1S/C22H26O8/c1-21-6-4-13-20(26)30-16(12-5-7-28-10-12)9-22(13,2)18(21)17(24)15(29-11-23)8-14(21)19(25)27-3/h5,7,10-11,13-16,18H,4,6,8-9H2,1-3H3/t13-,14-,15-,16-,18-,21-,22-/m0/s1. The zero-order valence-electron chi connectivity index (χ0n) is 17.3. The van der Waals surface area contributed by atoms with E-state index in [1.54, 1.807) is 6.07 Å². The number of ketones is 1. The fourth-order valence-corrected chi connectivity index (χ4v) is 6.35. The molecule has 1 saturated heterocycles. The van der Waals surface area contributed by atoms with Gasteiger partial charge in [-0.25, -0.2) is 0 Å². The summed E-state index contributed by atoms with van der Waals surface area (Å²) in [5.74, 6) is -2.76. The molecule has 2 heterocycles. The molecule has 2 aliphatic carbocycles. The van der Waals surface area contributed by atoms with E-state index in [1.807, 2.05) is 13.8 Å². The molecule has 0 radical (unpaired) electrons. The Morgan fingerprint density at radius 2 is 2.03 bits per heavy atom. The number of esters is 2. The number of fused-ring (bicyclic) bond motifs is 3. The van der Waals surface area contributed by atoms with Gasteiger partial charge in [0.25, 0.3) is 6.47 Å². The highest BCUT2D eigenvalue weighted by Crippen LogP contribution is 2.65. The number of furan rings is 1. The average Bonchev–Trinajstić information content (AvgIpc) is 3.23. The van der Waals surface area contributed by atoms with Gasteiger partial charge in [-0.2, -0.15) is 0 Å². The lowest BCUT2D eigenvalue weighted by Crippen LogP contribution is -2.64. The average molecular weight is 418 g/mol. The molecule has 4 rings (SSSR count). The Labute approximate surface area is 174 Å². The molecule has 0 bridgehead atoms. The molecule has 8 nitrogen and oxygen atoms in total. The van der Waals surface area contributed by atoms with Crippen molar-refractivity contribution >= 4 is 24.2 Å². The minimum absolute atomic E-state index is 0.0909. The minimum atomic E-state index is -1.04. The van der Waals surface area contributed by atoms with Crippen LogP contribution in [0.4, 0.5) is 0 Å². The van der Waals surface area contributed by atoms with E-state index in [2.05, 4.69) is 0 Å². The second-order valence-electron chi connectivity index (χ2n) is 9.16. The van der Waals surface area contributed by atoms with E-state index in [-0.39, 0.29) is 24.6 Å². The van der Waals surface area contributed by atoms with E-state index in [9.17, 15) is 19.2 Å². The van der Waals surface area contributed by atoms with Crippen LogP contribution in [0.15, 0.2) is 23.0 Å². The van der Waals surface area contributed by atoms with E-state index in [1.165, 1.54) is 19.6 Å². The van der Waals surface area contributed by atoms with Crippen LogP contribution in [-0.2, 0) is 33.4 Å². The van der Waals surface area contributed by atoms with Gasteiger partial charge in [0, 0.05) is 17.9 Å². The smallest absolute Gasteiger partial charge is 0.310 e. The van der Waals surface area contributed by atoms with Crippen molar-refractivity contribution in [3.05, 3.63) is 24.2 Å². The van der Waals surface area contributed by atoms with Gasteiger partial charge in [-0.15, -0.1) is 0 Å². The van der Waals surface area contributed by atoms with Crippen molar-refractivity contribution in [3.63, 3.8) is 0 Å². The highest BCUT2D eigenvalue weighted by molar-refractivity contribution is 5.92. The maximum absolute atomic E-state index is 13.6. The molecule has 0 N–H and O–H groups in total. The Morgan fingerprint density at radius 1 is 1.27 bits per heavy atom. The molecule has 0 unspecified atom stereocenters. The van der Waals surface area contributed by atoms with Gasteiger partial charge in [0.2, 0.25) is 0 Å². The molecule has 3 aliphatic rings. The van der Waals surface area contributed by atoms with Gasteiger partial charge < -0.3 is 18.6 Å². The first-order chi connectivity index (χ1) is 14.3. The summed E-state index contributed by atoms with van der Waals surface area (Å²) in [7, 11) is 1.31.